The Kier molecular flexibility index (Phi) is 30.2. The van der Waals surface area contributed by atoms with Crippen molar-refractivity contribution in [1.82, 2.24) is 14.8 Å². The van der Waals surface area contributed by atoms with Crippen molar-refractivity contribution in [1.29, 1.82) is 0 Å². The van der Waals surface area contributed by atoms with Crippen LogP contribution in [0.3, 0.4) is 0 Å². The number of aryl methyl sites for hydroxylation is 2. The van der Waals surface area contributed by atoms with Crippen LogP contribution < -0.4 is 31.6 Å². The van der Waals surface area contributed by atoms with Gasteiger partial charge in [0.05, 0.1) is 5.33 Å². The maximum Gasteiger partial charge on any atom is 0.300 e. The number of carboxylic acids is 1. The smallest absolute Gasteiger partial charge is 0.300 e. The first-order valence-electron chi connectivity index (χ1n) is 25.7. The maximum absolute atomic E-state index is 13.0. The molecule has 0 aliphatic carbocycles. The van der Waals surface area contributed by atoms with Gasteiger partial charge in [0.1, 0.15) is 46.9 Å². The van der Waals surface area contributed by atoms with Crippen LogP contribution in [-0.4, -0.2) is 120 Å². The Morgan fingerprint density at radius 3 is 1.70 bits per heavy atom. The summed E-state index contributed by atoms with van der Waals surface area (Å²) in [5, 5.41) is 34.9. The second-order valence-corrected chi connectivity index (χ2v) is 21.3. The molecule has 0 amide bonds. The molecule has 0 bridgehead atoms. The number of hydrogen-bond acceptors (Lipinski definition) is 15. The van der Waals surface area contributed by atoms with Crippen molar-refractivity contribution in [3.05, 3.63) is 112 Å². The number of rotatable bonds is 20. The van der Waals surface area contributed by atoms with E-state index in [0.717, 1.165) is 79.0 Å². The fraction of sp³-hybridized carbons (Fsp3) is 0.429. The van der Waals surface area contributed by atoms with E-state index in [-0.39, 0.29) is 38.8 Å². The number of aliphatic imine (C=N–C) groups is 1. The number of aliphatic carboxylic acids is 1. The third-order valence-corrected chi connectivity index (χ3v) is 14.4. The lowest BCUT2D eigenvalue weighted by molar-refractivity contribution is -0.134. The highest BCUT2D eigenvalue weighted by Gasteiger charge is 2.21. The summed E-state index contributed by atoms with van der Waals surface area (Å²) in [6, 6.07) is 26.2. The van der Waals surface area contributed by atoms with Gasteiger partial charge < -0.3 is 46.9 Å². The number of carbonyl (C=O) groups is 3. The molecule has 2 aliphatic rings. The number of aromatic nitrogens is 1. The van der Waals surface area contributed by atoms with Crippen molar-refractivity contribution in [2.75, 3.05) is 66.8 Å². The molecule has 1 unspecified atom stereocenters. The normalized spacial score (nSPS) is 13.9. The van der Waals surface area contributed by atoms with Gasteiger partial charge in [0, 0.05) is 41.5 Å². The molecule has 2 fully saturated rings. The van der Waals surface area contributed by atoms with Crippen LogP contribution >= 0.6 is 61.1 Å². The average molecular weight is 1200 g/mol. The number of Topliss-reactive ketones (excluding diaryl/α,β-unsaturated/α-hetero) is 1. The van der Waals surface area contributed by atoms with E-state index in [9.17, 15) is 19.8 Å². The van der Waals surface area contributed by atoms with Crippen LogP contribution in [0.4, 0.5) is 22.3 Å². The van der Waals surface area contributed by atoms with E-state index >= 15 is 0 Å². The Labute approximate surface area is 479 Å². The second kappa shape index (κ2) is 35.2. The van der Waals surface area contributed by atoms with Crippen molar-refractivity contribution in [2.24, 2.45) is 10.7 Å². The monoisotopic (exact) mass is 1200 g/mol. The highest BCUT2D eigenvalue weighted by Crippen LogP contribution is 2.32. The maximum atomic E-state index is 13.0. The molecule has 9 N–H and O–H groups in total. The topological polar surface area (TPSA) is 238 Å². The minimum Gasteiger partial charge on any atom is -0.508 e. The number of nitrogens with two attached hydrogens (primary N) is 2. The van der Waals surface area contributed by atoms with E-state index in [4.69, 9.17) is 43.1 Å². The number of hydrogen-bond donors (Lipinski definition) is 7. The van der Waals surface area contributed by atoms with Crippen LogP contribution in [0.25, 0.3) is 0 Å². The number of thiocarbonyl (C=S) groups is 1. The Hall–Kier alpha value is -5.34. The van der Waals surface area contributed by atoms with Crippen molar-refractivity contribution in [3.8, 4) is 23.0 Å². The molecule has 7 rings (SSSR count). The molecule has 0 spiro atoms. The number of nitrogens with zero attached hydrogens (tertiary/aromatic N) is 4. The zero-order valence-corrected chi connectivity index (χ0v) is 50.6. The number of amidine groups is 1. The molecule has 2 aliphatic heterocycles. The standard InChI is InChI=1S/C26H32N4O3S.C17H26N4OS2.C11H13BrO2.C2H4O2.H3P/c1-3-6-18-15-19(7-12-22(18)31)23(32)24-25(27)29-26(34-24)28-20-8-10-21(11-9-20)33-16-17(2)30-13-4-5-14-30;1-3-24-16(18)20-17(23)19-14-6-8-15(9-7-14)22-12-13(2)21-10-4-5-11-21;1-2-3-8-6-9(11(14)7-12)4-5-10(8)13;1-2(3)4;/h7-12,15,17,31H,3-6,13-14,16,27H2,1-2H3,(H,28,29);6-9,13H,3-5,10-12H2,1-2H3,(H3,18,19,20,23);4-6,13H,2-3,7H2,1H3;1H3,(H,3,4);1H3/t17-;13-;;;/m11.../s1. The summed E-state index contributed by atoms with van der Waals surface area (Å²) in [4.78, 5) is 47.2. The predicted molar refractivity (Wildman–Crippen MR) is 330 cm³/mol. The lowest BCUT2D eigenvalue weighted by Crippen LogP contribution is -2.34. The van der Waals surface area contributed by atoms with E-state index < -0.39 is 5.97 Å². The molecular weight excluding hydrogens is 1120 g/mol. The summed E-state index contributed by atoms with van der Waals surface area (Å²) in [5.74, 6) is 2.24. The van der Waals surface area contributed by atoms with Crippen molar-refractivity contribution in [2.45, 2.75) is 105 Å². The molecule has 0 saturated carbocycles. The minimum absolute atomic E-state index is 0. The number of benzene rings is 4. The average Bonchev–Trinajstić information content (AvgIpc) is 4.22. The number of thioether (sulfide) groups is 1. The Bertz CT molecular complexity index is 2650. The Balaban J connectivity index is 0.000000315. The molecule has 3 atom stereocenters. The van der Waals surface area contributed by atoms with E-state index in [2.05, 4.69) is 60.2 Å². The number of thiazole rings is 1. The van der Waals surface area contributed by atoms with Crippen molar-refractivity contribution in [3.63, 3.8) is 0 Å². The molecule has 420 valence electrons. The number of phenols is 2. The van der Waals surface area contributed by atoms with Crippen LogP contribution in [0, 0.1) is 0 Å². The molecule has 16 nitrogen and oxygen atoms in total. The van der Waals surface area contributed by atoms with Crippen molar-refractivity contribution < 1.29 is 39.2 Å². The van der Waals surface area contributed by atoms with E-state index in [1.165, 1.54) is 61.9 Å². The van der Waals surface area contributed by atoms with Gasteiger partial charge in [-0.1, -0.05) is 72.6 Å². The van der Waals surface area contributed by atoms with Gasteiger partial charge in [-0.3, -0.25) is 24.2 Å². The van der Waals surface area contributed by atoms with Crippen LogP contribution in [0.15, 0.2) is 89.9 Å². The number of nitrogen functional groups attached to an aromatic ring is 1. The quantitative estimate of drug-likeness (QED) is 0.00957. The summed E-state index contributed by atoms with van der Waals surface area (Å²) in [6.45, 7) is 17.6. The number of anilines is 4. The van der Waals surface area contributed by atoms with Gasteiger partial charge in [0.25, 0.3) is 5.97 Å². The summed E-state index contributed by atoms with van der Waals surface area (Å²) >= 11 is 11.0. The number of carbonyl (C=O) groups excluding carboxylic acids is 2. The highest BCUT2D eigenvalue weighted by atomic mass is 79.9. The van der Waals surface area contributed by atoms with Gasteiger partial charge in [0.2, 0.25) is 5.78 Å². The molecule has 21 heteroatoms. The van der Waals surface area contributed by atoms with Crippen LogP contribution in [-0.2, 0) is 17.6 Å². The number of ether oxygens (including phenoxy) is 2. The first-order valence-corrected chi connectivity index (χ1v) is 29.0. The first-order chi connectivity index (χ1) is 36.4. The molecule has 2 saturated heterocycles. The third kappa shape index (κ3) is 23.3. The number of carboxylic acid groups (broad SMARTS) is 1. The highest BCUT2D eigenvalue weighted by molar-refractivity contribution is 9.09. The zero-order valence-electron chi connectivity index (χ0n) is 45.2. The zero-order chi connectivity index (χ0) is 55.6. The van der Waals surface area contributed by atoms with E-state index in [0.29, 0.717) is 68.5 Å². The number of likely N-dealkylation sites (tertiary alicyclic amines) is 2. The van der Waals surface area contributed by atoms with Gasteiger partial charge in [0.15, 0.2) is 21.2 Å². The molecular formula is C56H78BrN8O8PS3. The van der Waals surface area contributed by atoms with Crippen LogP contribution in [0.1, 0.15) is 117 Å². The third-order valence-electron chi connectivity index (χ3n) is 12.0. The lowest BCUT2D eigenvalue weighted by Gasteiger charge is -2.23. The van der Waals surface area contributed by atoms with Gasteiger partial charge in [-0.2, -0.15) is 14.9 Å². The summed E-state index contributed by atoms with van der Waals surface area (Å²) in [5.41, 5.74) is 16.3. The summed E-state index contributed by atoms with van der Waals surface area (Å²) in [7, 11) is 0. The fourth-order valence-electron chi connectivity index (χ4n) is 8.01. The van der Waals surface area contributed by atoms with Gasteiger partial charge in [-0.15, -0.1) is 0 Å². The number of nitrogens with one attached hydrogen (secondary N) is 2. The van der Waals surface area contributed by atoms with Gasteiger partial charge in [-0.05, 0) is 193 Å². The van der Waals surface area contributed by atoms with Gasteiger partial charge in [-0.25, -0.2) is 4.98 Å². The molecule has 1 aromatic heterocycles. The minimum atomic E-state index is -0.833. The number of alkyl halides is 1. The molecule has 0 radical (unpaired) electrons. The number of aromatic hydroxyl groups is 2. The number of halogens is 1. The first kappa shape index (κ1) is 65.9. The molecule has 5 aromatic rings. The van der Waals surface area contributed by atoms with E-state index in [1.807, 2.05) is 69.3 Å². The molecule has 77 heavy (non-hydrogen) atoms. The number of phenolic OH excluding ortho intramolecular Hbond substituents is 2. The van der Waals surface area contributed by atoms with Crippen LogP contribution in [0.2, 0.25) is 0 Å². The molecule has 3 heterocycles. The Morgan fingerprint density at radius 2 is 1.25 bits per heavy atom. The summed E-state index contributed by atoms with van der Waals surface area (Å²) < 4.78 is 11.8. The van der Waals surface area contributed by atoms with Crippen LogP contribution in [0.5, 0.6) is 23.0 Å². The predicted octanol–water partition coefficient (Wildman–Crippen LogP) is 11.6. The van der Waals surface area contributed by atoms with E-state index in [1.54, 1.807) is 36.4 Å². The summed E-state index contributed by atoms with van der Waals surface area (Å²) in [6.07, 6.45) is 8.48. The Morgan fingerprint density at radius 1 is 0.792 bits per heavy atom. The molecule has 4 aromatic carbocycles. The largest absolute Gasteiger partial charge is 0.508 e. The second-order valence-electron chi connectivity index (χ2n) is 18.1. The van der Waals surface area contributed by atoms with Crippen molar-refractivity contribution >= 4 is 111 Å². The number of ketones is 2. The van der Waals surface area contributed by atoms with Gasteiger partial charge >= 0.3 is 0 Å². The lowest BCUT2D eigenvalue weighted by atomic mass is 10.0. The SMILES string of the molecule is CC(=O)O.CCCc1cc(C(=O)CBr)ccc1O.CCCc1cc(C(=O)c2sc(Nc3ccc(OC[C@@H](C)N4CCCC4)cc3)nc2N)ccc1O.CCSC(N)=NC(=S)Nc1ccc(OC[C@@H](C)N2CCCC2)cc1.P. The fourth-order valence-corrected chi connectivity index (χ4v) is 9.93.